The number of aryl methyl sites for hydroxylation is 1. The molecule has 0 saturated heterocycles. The fourth-order valence-corrected chi connectivity index (χ4v) is 3.02. The molecule has 1 unspecified atom stereocenters. The van der Waals surface area contributed by atoms with Crippen LogP contribution in [0, 0.1) is 0 Å². The summed E-state index contributed by atoms with van der Waals surface area (Å²) in [5.41, 5.74) is 3.03. The van der Waals surface area contributed by atoms with Gasteiger partial charge in [-0.05, 0) is 42.2 Å². The van der Waals surface area contributed by atoms with Gasteiger partial charge in [-0.25, -0.2) is 0 Å². The minimum Gasteiger partial charge on any atom is -0.299 e. The largest absolute Gasteiger partial charge is 0.299 e. The van der Waals surface area contributed by atoms with Gasteiger partial charge in [-0.2, -0.15) is 0 Å². The van der Waals surface area contributed by atoms with E-state index < -0.39 is 0 Å². The molecule has 102 valence electrons. The number of halogens is 2. The van der Waals surface area contributed by atoms with Crippen molar-refractivity contribution in [1.29, 1.82) is 0 Å². The van der Waals surface area contributed by atoms with Gasteiger partial charge in [0.15, 0.2) is 0 Å². The zero-order valence-corrected chi connectivity index (χ0v) is 12.3. The number of hydrogen-bond acceptors (Lipinski definition) is 2. The second-order valence-electron chi connectivity index (χ2n) is 5.03. The Morgan fingerprint density at radius 1 is 1.25 bits per heavy atom. The van der Waals surface area contributed by atoms with E-state index in [2.05, 4.69) is 11.1 Å². The molecule has 1 atom stereocenters. The van der Waals surface area contributed by atoms with Crippen molar-refractivity contribution in [3.05, 3.63) is 63.4 Å². The highest BCUT2D eigenvalue weighted by atomic mass is 35.5. The third kappa shape index (κ3) is 2.58. The first-order valence-corrected chi connectivity index (χ1v) is 7.31. The Labute approximate surface area is 127 Å². The molecule has 2 nitrogen and oxygen atoms in total. The monoisotopic (exact) mass is 305 g/mol. The summed E-state index contributed by atoms with van der Waals surface area (Å²) in [6, 6.07) is 9.31. The van der Waals surface area contributed by atoms with Crippen molar-refractivity contribution in [2.45, 2.75) is 25.2 Å². The summed E-state index contributed by atoms with van der Waals surface area (Å²) in [6.07, 6.45) is 3.91. The van der Waals surface area contributed by atoms with Crippen LogP contribution in [0.4, 0.5) is 0 Å². The molecule has 4 heteroatoms. The molecule has 20 heavy (non-hydrogen) atoms. The molecule has 2 aromatic rings. The number of ketones is 1. The van der Waals surface area contributed by atoms with Crippen LogP contribution in [0.5, 0.6) is 0 Å². The lowest BCUT2D eigenvalue weighted by Gasteiger charge is -2.10. The van der Waals surface area contributed by atoms with E-state index in [9.17, 15) is 4.79 Å². The summed E-state index contributed by atoms with van der Waals surface area (Å²) in [6.45, 7) is 0. The summed E-state index contributed by atoms with van der Waals surface area (Å²) >= 11 is 11.9. The lowest BCUT2D eigenvalue weighted by atomic mass is 9.95. The van der Waals surface area contributed by atoms with Gasteiger partial charge in [0.2, 0.25) is 0 Å². The van der Waals surface area contributed by atoms with Crippen LogP contribution in [-0.4, -0.2) is 10.8 Å². The molecule has 0 amide bonds. The lowest BCUT2D eigenvalue weighted by Crippen LogP contribution is -2.13. The van der Waals surface area contributed by atoms with Crippen LogP contribution in [0.25, 0.3) is 0 Å². The molecule has 3 rings (SSSR count). The van der Waals surface area contributed by atoms with Gasteiger partial charge in [0.25, 0.3) is 0 Å². The summed E-state index contributed by atoms with van der Waals surface area (Å²) < 4.78 is 0. The molecule has 1 aromatic carbocycles. The average Bonchev–Trinajstić information content (AvgIpc) is 2.87. The van der Waals surface area contributed by atoms with Crippen molar-refractivity contribution >= 4 is 29.0 Å². The predicted molar refractivity (Wildman–Crippen MR) is 80.5 cm³/mol. The number of pyridine rings is 1. The van der Waals surface area contributed by atoms with E-state index in [0.29, 0.717) is 16.5 Å². The van der Waals surface area contributed by atoms with Gasteiger partial charge in [-0.1, -0.05) is 35.3 Å². The number of carbonyl (C=O) groups is 1. The number of rotatable bonds is 3. The van der Waals surface area contributed by atoms with Gasteiger partial charge in [-0.3, -0.25) is 9.78 Å². The SMILES string of the molecule is O=C(Cc1ccc(Cl)c(Cl)c1)C1CCc2cccnc21. The van der Waals surface area contributed by atoms with E-state index in [0.717, 1.165) is 24.1 Å². The molecule has 0 bridgehead atoms. The Balaban J connectivity index is 1.79. The summed E-state index contributed by atoms with van der Waals surface area (Å²) in [7, 11) is 0. The Hall–Kier alpha value is -1.38. The number of carbonyl (C=O) groups excluding carboxylic acids is 1. The van der Waals surface area contributed by atoms with E-state index >= 15 is 0 Å². The normalized spacial score (nSPS) is 17.0. The van der Waals surface area contributed by atoms with Crippen molar-refractivity contribution in [2.24, 2.45) is 0 Å². The number of benzene rings is 1. The number of aromatic nitrogens is 1. The maximum absolute atomic E-state index is 12.5. The fourth-order valence-electron chi connectivity index (χ4n) is 2.70. The third-order valence-electron chi connectivity index (χ3n) is 3.71. The van der Waals surface area contributed by atoms with Crippen LogP contribution >= 0.6 is 23.2 Å². The quantitative estimate of drug-likeness (QED) is 0.849. The highest BCUT2D eigenvalue weighted by Crippen LogP contribution is 2.33. The Morgan fingerprint density at radius 3 is 2.90 bits per heavy atom. The average molecular weight is 306 g/mol. The second kappa shape index (κ2) is 5.55. The second-order valence-corrected chi connectivity index (χ2v) is 5.84. The molecule has 1 aliphatic carbocycles. The smallest absolute Gasteiger partial charge is 0.146 e. The van der Waals surface area contributed by atoms with Crippen molar-refractivity contribution in [3.8, 4) is 0 Å². The molecule has 0 N–H and O–H groups in total. The molecule has 1 heterocycles. The van der Waals surface area contributed by atoms with Crippen LogP contribution < -0.4 is 0 Å². The van der Waals surface area contributed by atoms with Gasteiger partial charge in [0, 0.05) is 12.6 Å². The van der Waals surface area contributed by atoms with E-state index in [4.69, 9.17) is 23.2 Å². The van der Waals surface area contributed by atoms with Gasteiger partial charge in [-0.15, -0.1) is 0 Å². The molecule has 0 radical (unpaired) electrons. The maximum Gasteiger partial charge on any atom is 0.146 e. The van der Waals surface area contributed by atoms with E-state index in [1.807, 2.05) is 12.1 Å². The van der Waals surface area contributed by atoms with Gasteiger partial charge in [0.05, 0.1) is 21.7 Å². The number of fused-ring (bicyclic) bond motifs is 1. The van der Waals surface area contributed by atoms with Gasteiger partial charge < -0.3 is 0 Å². The first kappa shape index (κ1) is 13.6. The zero-order valence-electron chi connectivity index (χ0n) is 10.8. The van der Waals surface area contributed by atoms with E-state index in [1.54, 1.807) is 18.3 Å². The zero-order chi connectivity index (χ0) is 14.1. The fraction of sp³-hybridized carbons (Fsp3) is 0.250. The summed E-state index contributed by atoms with van der Waals surface area (Å²) in [5, 5.41) is 0.998. The molecule has 0 fully saturated rings. The predicted octanol–water partition coefficient (Wildman–Crippen LogP) is 4.23. The van der Waals surface area contributed by atoms with E-state index in [-0.39, 0.29) is 11.7 Å². The standard InChI is InChI=1S/C16H13Cl2NO/c17-13-6-3-10(8-14(13)18)9-15(20)12-5-4-11-2-1-7-19-16(11)12/h1-3,6-8,12H,4-5,9H2. The minimum atomic E-state index is -0.0827. The Kier molecular flexibility index (Phi) is 3.77. The van der Waals surface area contributed by atoms with Crippen molar-refractivity contribution < 1.29 is 4.79 Å². The number of hydrogen-bond donors (Lipinski definition) is 0. The first-order valence-electron chi connectivity index (χ1n) is 6.55. The molecule has 0 aliphatic heterocycles. The van der Waals surface area contributed by atoms with Crippen molar-refractivity contribution in [2.75, 3.05) is 0 Å². The molecule has 0 saturated carbocycles. The van der Waals surface area contributed by atoms with Gasteiger partial charge in [0.1, 0.15) is 5.78 Å². The highest BCUT2D eigenvalue weighted by Gasteiger charge is 2.29. The van der Waals surface area contributed by atoms with Crippen LogP contribution in [0.3, 0.4) is 0 Å². The maximum atomic E-state index is 12.5. The van der Waals surface area contributed by atoms with Crippen LogP contribution in [0.15, 0.2) is 36.5 Å². The Bertz CT molecular complexity index is 669. The topological polar surface area (TPSA) is 30.0 Å². The molecule has 0 spiro atoms. The molecule has 1 aromatic heterocycles. The van der Waals surface area contributed by atoms with Crippen molar-refractivity contribution in [1.82, 2.24) is 4.98 Å². The molecular weight excluding hydrogens is 293 g/mol. The van der Waals surface area contributed by atoms with Crippen LogP contribution in [0.1, 0.15) is 29.2 Å². The summed E-state index contributed by atoms with van der Waals surface area (Å²) in [5.74, 6) is 0.112. The van der Waals surface area contributed by atoms with Crippen molar-refractivity contribution in [3.63, 3.8) is 0 Å². The molecule has 1 aliphatic rings. The van der Waals surface area contributed by atoms with Crippen LogP contribution in [-0.2, 0) is 17.6 Å². The number of nitrogens with zero attached hydrogens (tertiary/aromatic N) is 1. The Morgan fingerprint density at radius 2 is 2.10 bits per heavy atom. The lowest BCUT2D eigenvalue weighted by molar-refractivity contribution is -0.119. The van der Waals surface area contributed by atoms with Crippen LogP contribution in [0.2, 0.25) is 10.0 Å². The third-order valence-corrected chi connectivity index (χ3v) is 4.45. The van der Waals surface area contributed by atoms with E-state index in [1.165, 1.54) is 5.56 Å². The number of Topliss-reactive ketones (excluding diaryl/α,β-unsaturated/α-hetero) is 1. The highest BCUT2D eigenvalue weighted by molar-refractivity contribution is 6.42. The molecular formula is C16H13Cl2NO. The summed E-state index contributed by atoms with van der Waals surface area (Å²) in [4.78, 5) is 16.8. The van der Waals surface area contributed by atoms with Gasteiger partial charge >= 0.3 is 0 Å². The first-order chi connectivity index (χ1) is 9.65. The minimum absolute atomic E-state index is 0.0827.